The van der Waals surface area contributed by atoms with Gasteiger partial charge in [0.1, 0.15) is 12.1 Å². The van der Waals surface area contributed by atoms with Crippen molar-refractivity contribution in [2.75, 3.05) is 0 Å². The monoisotopic (exact) mass is 423 g/mol. The molecule has 2 atom stereocenters. The molecule has 0 aromatic heterocycles. The summed E-state index contributed by atoms with van der Waals surface area (Å²) in [7, 11) is 0. The molecule has 0 heterocycles. The Bertz CT molecular complexity index is 582. The quantitative estimate of drug-likeness (QED) is 0.195. The topological polar surface area (TPSA) is 124 Å². The van der Waals surface area contributed by atoms with Crippen LogP contribution in [0.3, 0.4) is 0 Å². The number of aliphatic carboxylic acids is 2. The van der Waals surface area contributed by atoms with Crippen molar-refractivity contribution in [2.24, 2.45) is 0 Å². The van der Waals surface area contributed by atoms with Gasteiger partial charge in [-0.15, -0.1) is 0 Å². The molecule has 0 aliphatic rings. The maximum atomic E-state index is 11.9. The zero-order valence-electron chi connectivity index (χ0n) is 18.0. The van der Waals surface area contributed by atoms with Gasteiger partial charge in [-0.3, -0.25) is 9.59 Å². The Morgan fingerprint density at radius 2 is 1.43 bits per heavy atom. The number of carbonyl (C=O) groups is 3. The van der Waals surface area contributed by atoms with Crippen molar-refractivity contribution in [3.05, 3.63) is 36.5 Å². The number of carbonyl (C=O) groups excluding carboxylic acids is 1. The van der Waals surface area contributed by atoms with E-state index in [9.17, 15) is 19.5 Å². The summed E-state index contributed by atoms with van der Waals surface area (Å²) >= 11 is 0. The Morgan fingerprint density at radius 1 is 0.833 bits per heavy atom. The van der Waals surface area contributed by atoms with Gasteiger partial charge in [0.15, 0.2) is 0 Å². The minimum atomic E-state index is -1.31. The highest BCUT2D eigenvalue weighted by Gasteiger charge is 2.24. The number of rotatable bonds is 18. The molecule has 1 amide bonds. The van der Waals surface area contributed by atoms with E-state index < -0.39 is 30.0 Å². The van der Waals surface area contributed by atoms with E-state index in [1.807, 2.05) is 0 Å². The summed E-state index contributed by atoms with van der Waals surface area (Å²) in [5.74, 6) is -3.22. The second-order valence-electron chi connectivity index (χ2n) is 7.13. The summed E-state index contributed by atoms with van der Waals surface area (Å²) in [6.07, 6.45) is 18.9. The molecule has 0 rings (SSSR count). The second kappa shape index (κ2) is 18.6. The average Bonchev–Trinajstić information content (AvgIpc) is 2.70. The molecule has 0 spiro atoms. The van der Waals surface area contributed by atoms with Crippen LogP contribution in [0, 0.1) is 0 Å². The van der Waals surface area contributed by atoms with Gasteiger partial charge in [-0.25, -0.2) is 4.79 Å². The molecule has 0 saturated heterocycles. The van der Waals surface area contributed by atoms with Gasteiger partial charge in [0.05, 0.1) is 0 Å². The predicted molar refractivity (Wildman–Crippen MR) is 117 cm³/mol. The molecular weight excluding hydrogens is 386 g/mol. The van der Waals surface area contributed by atoms with Crippen LogP contribution in [-0.2, 0) is 14.4 Å². The van der Waals surface area contributed by atoms with Gasteiger partial charge in [-0.2, -0.15) is 0 Å². The Balaban J connectivity index is 3.83. The number of aliphatic hydroxyl groups is 1. The third kappa shape index (κ3) is 16.5. The Hall–Kier alpha value is -2.41. The van der Waals surface area contributed by atoms with Crippen molar-refractivity contribution in [3.63, 3.8) is 0 Å². The molecule has 0 saturated carbocycles. The van der Waals surface area contributed by atoms with Crippen LogP contribution in [0.5, 0.6) is 0 Å². The van der Waals surface area contributed by atoms with E-state index in [2.05, 4.69) is 48.7 Å². The van der Waals surface area contributed by atoms with E-state index in [-0.39, 0.29) is 19.3 Å². The number of amides is 1. The number of hydrogen-bond acceptors (Lipinski definition) is 4. The number of allylic oxidation sites excluding steroid dienone is 6. The molecule has 7 nitrogen and oxygen atoms in total. The van der Waals surface area contributed by atoms with E-state index in [1.165, 1.54) is 0 Å². The highest BCUT2D eigenvalue weighted by Crippen LogP contribution is 2.09. The molecule has 7 heteroatoms. The first-order chi connectivity index (χ1) is 14.4. The zero-order chi connectivity index (χ0) is 22.6. The van der Waals surface area contributed by atoms with Gasteiger partial charge >= 0.3 is 11.9 Å². The van der Waals surface area contributed by atoms with Crippen molar-refractivity contribution < 1.29 is 29.7 Å². The molecule has 0 aromatic carbocycles. The van der Waals surface area contributed by atoms with Crippen molar-refractivity contribution in [3.8, 4) is 0 Å². The lowest BCUT2D eigenvalue weighted by Gasteiger charge is -2.16. The minimum Gasteiger partial charge on any atom is -0.481 e. The number of aliphatic hydroxyl groups excluding tert-OH is 1. The lowest BCUT2D eigenvalue weighted by atomic mass is 10.1. The lowest BCUT2D eigenvalue weighted by molar-refractivity contribution is -0.144. The third-order valence-electron chi connectivity index (χ3n) is 4.44. The van der Waals surface area contributed by atoms with Crippen LogP contribution in [0.2, 0.25) is 0 Å². The van der Waals surface area contributed by atoms with E-state index in [0.29, 0.717) is 6.42 Å². The minimum absolute atomic E-state index is 0.220. The number of carboxylic acid groups (broad SMARTS) is 2. The van der Waals surface area contributed by atoms with Gasteiger partial charge in [0, 0.05) is 6.42 Å². The van der Waals surface area contributed by atoms with E-state index >= 15 is 0 Å². The van der Waals surface area contributed by atoms with Gasteiger partial charge in [0.2, 0.25) is 5.91 Å². The number of hydrogen-bond donors (Lipinski definition) is 4. The molecule has 1 unspecified atom stereocenters. The largest absolute Gasteiger partial charge is 0.481 e. The molecule has 0 bridgehead atoms. The van der Waals surface area contributed by atoms with Gasteiger partial charge in [-0.05, 0) is 44.9 Å². The second-order valence-corrected chi connectivity index (χ2v) is 7.13. The summed E-state index contributed by atoms with van der Waals surface area (Å²) in [6, 6.07) is -1.31. The molecule has 0 aliphatic carbocycles. The summed E-state index contributed by atoms with van der Waals surface area (Å²) in [5, 5.41) is 29.7. The average molecular weight is 424 g/mol. The van der Waals surface area contributed by atoms with Gasteiger partial charge < -0.3 is 20.6 Å². The Morgan fingerprint density at radius 3 is 2.03 bits per heavy atom. The van der Waals surface area contributed by atoms with E-state index in [0.717, 1.165) is 44.9 Å². The fourth-order valence-electron chi connectivity index (χ4n) is 2.70. The standard InChI is InChI=1S/C23H37NO6/c1-2-3-4-5-6-7-8-9-10-11-12-13-14-15-16-20(25)22(28)24-19(23(29)30)17-18-21(26)27/h3-4,6-7,9-10,19-20,25H,2,5,8,11-18H2,1H3,(H,24,28)(H,26,27)(H,29,30)/b4-3+,7-6+,10-9+/t19-,20?/m0/s1. The van der Waals surface area contributed by atoms with Crippen LogP contribution < -0.4 is 5.32 Å². The van der Waals surface area contributed by atoms with E-state index in [1.54, 1.807) is 0 Å². The first kappa shape index (κ1) is 27.6. The Labute approximate surface area is 179 Å². The van der Waals surface area contributed by atoms with Crippen LogP contribution in [0.4, 0.5) is 0 Å². The molecule has 30 heavy (non-hydrogen) atoms. The maximum absolute atomic E-state index is 11.9. The Kier molecular flexibility index (Phi) is 17.1. The summed E-state index contributed by atoms with van der Waals surface area (Å²) in [4.78, 5) is 33.5. The smallest absolute Gasteiger partial charge is 0.326 e. The number of carboxylic acids is 2. The van der Waals surface area contributed by atoms with Crippen molar-refractivity contribution >= 4 is 17.8 Å². The van der Waals surface area contributed by atoms with Gasteiger partial charge in [0.25, 0.3) is 0 Å². The van der Waals surface area contributed by atoms with Crippen LogP contribution in [0.1, 0.15) is 77.6 Å². The summed E-state index contributed by atoms with van der Waals surface area (Å²) in [5.41, 5.74) is 0. The van der Waals surface area contributed by atoms with Crippen LogP contribution in [-0.4, -0.2) is 45.3 Å². The first-order valence-electron chi connectivity index (χ1n) is 10.8. The number of nitrogens with one attached hydrogen (secondary N) is 1. The normalized spacial score (nSPS) is 13.8. The zero-order valence-corrected chi connectivity index (χ0v) is 18.0. The van der Waals surface area contributed by atoms with Gasteiger partial charge in [-0.1, -0.05) is 62.6 Å². The van der Waals surface area contributed by atoms with Crippen molar-refractivity contribution in [2.45, 2.75) is 89.7 Å². The predicted octanol–water partition coefficient (Wildman–Crippen LogP) is 3.98. The SMILES string of the molecule is CC/C=C/C/C=C/C/C=C/CCCCCCC(O)C(=O)N[C@@H](CCC(=O)O)C(=O)O. The highest BCUT2D eigenvalue weighted by atomic mass is 16.4. The third-order valence-corrected chi connectivity index (χ3v) is 4.44. The molecule has 0 fully saturated rings. The highest BCUT2D eigenvalue weighted by molar-refractivity contribution is 5.86. The molecule has 0 aliphatic heterocycles. The fourth-order valence-corrected chi connectivity index (χ4v) is 2.70. The maximum Gasteiger partial charge on any atom is 0.326 e. The van der Waals surface area contributed by atoms with Crippen molar-refractivity contribution in [1.82, 2.24) is 5.32 Å². The summed E-state index contributed by atoms with van der Waals surface area (Å²) < 4.78 is 0. The fraction of sp³-hybridized carbons (Fsp3) is 0.609. The lowest BCUT2D eigenvalue weighted by Crippen LogP contribution is -2.45. The first-order valence-corrected chi connectivity index (χ1v) is 10.8. The molecule has 4 N–H and O–H groups in total. The summed E-state index contributed by atoms with van der Waals surface area (Å²) in [6.45, 7) is 2.12. The van der Waals surface area contributed by atoms with E-state index in [4.69, 9.17) is 10.2 Å². The van der Waals surface area contributed by atoms with Crippen LogP contribution >= 0.6 is 0 Å². The molecular formula is C23H37NO6. The van der Waals surface area contributed by atoms with Crippen LogP contribution in [0.25, 0.3) is 0 Å². The van der Waals surface area contributed by atoms with Crippen molar-refractivity contribution in [1.29, 1.82) is 0 Å². The molecule has 170 valence electrons. The number of unbranched alkanes of at least 4 members (excludes halogenated alkanes) is 4. The molecule has 0 radical (unpaired) electrons. The van der Waals surface area contributed by atoms with Crippen LogP contribution in [0.15, 0.2) is 36.5 Å². The molecule has 0 aromatic rings.